The molecule has 1 amide bonds. The van der Waals surface area contributed by atoms with Gasteiger partial charge in [-0.3, -0.25) is 9.52 Å². The first-order chi connectivity index (χ1) is 11.7. The van der Waals surface area contributed by atoms with E-state index in [-0.39, 0.29) is 17.3 Å². The fourth-order valence-electron chi connectivity index (χ4n) is 2.23. The summed E-state index contributed by atoms with van der Waals surface area (Å²) in [5.41, 5.74) is 2.81. The smallest absolute Gasteiger partial charge is 0.261 e. The van der Waals surface area contributed by atoms with E-state index in [0.29, 0.717) is 11.4 Å². The molecule has 2 aromatic rings. The summed E-state index contributed by atoms with van der Waals surface area (Å²) in [5, 5.41) is 2.80. The topological polar surface area (TPSA) is 78.5 Å². The molecule has 0 aliphatic rings. The summed E-state index contributed by atoms with van der Waals surface area (Å²) in [6.45, 7) is 3.99. The van der Waals surface area contributed by atoms with Gasteiger partial charge in [-0.15, -0.1) is 0 Å². The zero-order valence-corrected chi connectivity index (χ0v) is 15.6. The Hall–Kier alpha value is -2.38. The number of likely N-dealkylation sites (N-methyl/N-ethyl adjacent to an activating group) is 1. The lowest BCUT2D eigenvalue weighted by Crippen LogP contribution is -2.27. The van der Waals surface area contributed by atoms with E-state index in [2.05, 4.69) is 10.0 Å². The number of hydrogen-bond donors (Lipinski definition) is 2. The van der Waals surface area contributed by atoms with Gasteiger partial charge in [0, 0.05) is 5.69 Å². The molecule has 0 radical (unpaired) electrons. The summed E-state index contributed by atoms with van der Waals surface area (Å²) in [6, 6.07) is 11.7. The molecule has 0 unspecified atom stereocenters. The van der Waals surface area contributed by atoms with Gasteiger partial charge in [0.05, 0.1) is 17.1 Å². The van der Waals surface area contributed by atoms with Gasteiger partial charge in [-0.05, 0) is 57.8 Å². The Labute approximate surface area is 148 Å². The van der Waals surface area contributed by atoms with Crippen LogP contribution in [0.3, 0.4) is 0 Å². The molecule has 0 fully saturated rings. The molecule has 2 rings (SSSR count). The summed E-state index contributed by atoms with van der Waals surface area (Å²) in [6.07, 6.45) is 0. The number of aryl methyl sites for hydroxylation is 2. The van der Waals surface area contributed by atoms with Gasteiger partial charge in [0.2, 0.25) is 5.91 Å². The third kappa shape index (κ3) is 5.30. The number of amides is 1. The second kappa shape index (κ2) is 7.67. The van der Waals surface area contributed by atoms with E-state index < -0.39 is 10.0 Å². The third-order valence-electron chi connectivity index (χ3n) is 3.55. The van der Waals surface area contributed by atoms with Crippen LogP contribution >= 0.6 is 0 Å². The largest absolute Gasteiger partial charge is 0.325 e. The lowest BCUT2D eigenvalue weighted by atomic mass is 10.2. The molecule has 6 nitrogen and oxygen atoms in total. The van der Waals surface area contributed by atoms with Gasteiger partial charge in [0.15, 0.2) is 0 Å². The molecule has 134 valence electrons. The van der Waals surface area contributed by atoms with Crippen LogP contribution in [0.1, 0.15) is 11.1 Å². The highest BCUT2D eigenvalue weighted by Gasteiger charge is 2.15. The zero-order chi connectivity index (χ0) is 18.6. The molecule has 2 aromatic carbocycles. The van der Waals surface area contributed by atoms with Gasteiger partial charge in [-0.25, -0.2) is 8.42 Å². The average Bonchev–Trinajstić information content (AvgIpc) is 2.50. The molecule has 0 aliphatic carbocycles. The Balaban J connectivity index is 2.21. The predicted molar refractivity (Wildman–Crippen MR) is 100 cm³/mol. The van der Waals surface area contributed by atoms with E-state index in [1.165, 1.54) is 0 Å². The molecule has 0 saturated heterocycles. The number of rotatable bonds is 6. The van der Waals surface area contributed by atoms with Crippen LogP contribution in [-0.2, 0) is 14.8 Å². The first-order valence-electron chi connectivity index (χ1n) is 7.82. The SMILES string of the molecule is Cc1ccc(S(=O)(=O)Nc2ccc(C)c(NC(=O)CN(C)C)c2)cc1. The molecular formula is C18H23N3O3S. The maximum Gasteiger partial charge on any atom is 0.261 e. The van der Waals surface area contributed by atoms with Gasteiger partial charge in [0.25, 0.3) is 10.0 Å². The maximum absolute atomic E-state index is 12.5. The van der Waals surface area contributed by atoms with Gasteiger partial charge in [-0.2, -0.15) is 0 Å². The van der Waals surface area contributed by atoms with E-state index in [9.17, 15) is 13.2 Å². The lowest BCUT2D eigenvalue weighted by Gasteiger charge is -2.14. The molecule has 7 heteroatoms. The van der Waals surface area contributed by atoms with Gasteiger partial charge < -0.3 is 10.2 Å². The fourth-order valence-corrected chi connectivity index (χ4v) is 3.28. The normalized spacial score (nSPS) is 11.4. The van der Waals surface area contributed by atoms with E-state index in [1.54, 1.807) is 61.5 Å². The first-order valence-corrected chi connectivity index (χ1v) is 9.30. The monoisotopic (exact) mass is 361 g/mol. The highest BCUT2D eigenvalue weighted by atomic mass is 32.2. The fraction of sp³-hybridized carbons (Fsp3) is 0.278. The minimum Gasteiger partial charge on any atom is -0.325 e. The number of nitrogens with zero attached hydrogens (tertiary/aromatic N) is 1. The zero-order valence-electron chi connectivity index (χ0n) is 14.8. The third-order valence-corrected chi connectivity index (χ3v) is 4.95. The molecule has 2 N–H and O–H groups in total. The molecular weight excluding hydrogens is 338 g/mol. The number of hydrogen-bond acceptors (Lipinski definition) is 4. The van der Waals surface area contributed by atoms with Crippen molar-refractivity contribution in [1.29, 1.82) is 0 Å². The summed E-state index contributed by atoms with van der Waals surface area (Å²) in [4.78, 5) is 13.9. The second-order valence-electron chi connectivity index (χ2n) is 6.23. The Morgan fingerprint density at radius 3 is 2.28 bits per heavy atom. The number of carbonyl (C=O) groups is 1. The van der Waals surface area contributed by atoms with Crippen molar-refractivity contribution in [1.82, 2.24) is 4.90 Å². The standard InChI is InChI=1S/C18H23N3O3S/c1-13-5-9-16(10-6-13)25(23,24)20-15-8-7-14(2)17(11-15)19-18(22)12-21(3)4/h5-11,20H,12H2,1-4H3,(H,19,22). The van der Waals surface area contributed by atoms with Crippen LogP contribution in [0.2, 0.25) is 0 Å². The summed E-state index contributed by atoms with van der Waals surface area (Å²) < 4.78 is 27.5. The lowest BCUT2D eigenvalue weighted by molar-refractivity contribution is -0.116. The number of sulfonamides is 1. The van der Waals surface area contributed by atoms with Crippen molar-refractivity contribution >= 4 is 27.3 Å². The van der Waals surface area contributed by atoms with Crippen LogP contribution in [0.4, 0.5) is 11.4 Å². The Morgan fingerprint density at radius 1 is 1.04 bits per heavy atom. The van der Waals surface area contributed by atoms with E-state index >= 15 is 0 Å². The van der Waals surface area contributed by atoms with Crippen molar-refractivity contribution in [3.8, 4) is 0 Å². The van der Waals surface area contributed by atoms with Crippen molar-refractivity contribution in [3.05, 3.63) is 53.6 Å². The quantitative estimate of drug-likeness (QED) is 0.829. The van der Waals surface area contributed by atoms with Crippen LogP contribution in [0, 0.1) is 13.8 Å². The van der Waals surface area contributed by atoms with Crippen LogP contribution in [0.25, 0.3) is 0 Å². The van der Waals surface area contributed by atoms with Gasteiger partial charge in [0.1, 0.15) is 0 Å². The van der Waals surface area contributed by atoms with E-state index in [1.807, 2.05) is 13.8 Å². The maximum atomic E-state index is 12.5. The van der Waals surface area contributed by atoms with Crippen molar-refractivity contribution in [2.45, 2.75) is 18.7 Å². The minimum absolute atomic E-state index is 0.161. The van der Waals surface area contributed by atoms with Crippen LogP contribution in [0.5, 0.6) is 0 Å². The highest BCUT2D eigenvalue weighted by Crippen LogP contribution is 2.23. The molecule has 0 heterocycles. The molecule has 0 aliphatic heterocycles. The molecule has 0 atom stereocenters. The molecule has 25 heavy (non-hydrogen) atoms. The predicted octanol–water partition coefficient (Wildman–Crippen LogP) is 2.60. The molecule has 0 saturated carbocycles. The van der Waals surface area contributed by atoms with Gasteiger partial charge in [-0.1, -0.05) is 23.8 Å². The molecule has 0 aromatic heterocycles. The van der Waals surface area contributed by atoms with Crippen molar-refractivity contribution < 1.29 is 13.2 Å². The van der Waals surface area contributed by atoms with Crippen molar-refractivity contribution in [3.63, 3.8) is 0 Å². The number of carbonyl (C=O) groups excluding carboxylic acids is 1. The van der Waals surface area contributed by atoms with E-state index in [0.717, 1.165) is 11.1 Å². The van der Waals surface area contributed by atoms with E-state index in [4.69, 9.17) is 0 Å². The molecule has 0 spiro atoms. The van der Waals surface area contributed by atoms with Crippen LogP contribution in [0.15, 0.2) is 47.4 Å². The summed E-state index contributed by atoms with van der Waals surface area (Å²) >= 11 is 0. The Morgan fingerprint density at radius 2 is 1.68 bits per heavy atom. The van der Waals surface area contributed by atoms with Crippen molar-refractivity contribution in [2.24, 2.45) is 0 Å². The number of nitrogens with one attached hydrogen (secondary N) is 2. The second-order valence-corrected chi connectivity index (χ2v) is 7.92. The highest BCUT2D eigenvalue weighted by molar-refractivity contribution is 7.92. The Kier molecular flexibility index (Phi) is 5.81. The van der Waals surface area contributed by atoms with Crippen LogP contribution in [-0.4, -0.2) is 39.9 Å². The first kappa shape index (κ1) is 19.0. The average molecular weight is 361 g/mol. The minimum atomic E-state index is -3.68. The number of benzene rings is 2. The van der Waals surface area contributed by atoms with Gasteiger partial charge >= 0.3 is 0 Å². The summed E-state index contributed by atoms with van der Waals surface area (Å²) in [5.74, 6) is -0.161. The number of anilines is 2. The molecule has 0 bridgehead atoms. The Bertz CT molecular complexity index is 860. The summed E-state index contributed by atoms with van der Waals surface area (Å²) in [7, 11) is -0.0698. The van der Waals surface area contributed by atoms with Crippen LogP contribution < -0.4 is 10.0 Å². The van der Waals surface area contributed by atoms with Crippen molar-refractivity contribution in [2.75, 3.05) is 30.7 Å².